The third-order valence-electron chi connectivity index (χ3n) is 1.92. The van der Waals surface area contributed by atoms with Crippen molar-refractivity contribution in [3.8, 4) is 11.5 Å². The molecule has 2 rings (SSSR count). The molecule has 0 saturated carbocycles. The van der Waals surface area contributed by atoms with Crippen LogP contribution in [0.4, 0.5) is 0 Å². The fraction of sp³-hybridized carbons (Fsp3) is 0.200. The van der Waals surface area contributed by atoms with Gasteiger partial charge in [0.2, 0.25) is 0 Å². The van der Waals surface area contributed by atoms with E-state index in [0.717, 1.165) is 5.69 Å². The van der Waals surface area contributed by atoms with Gasteiger partial charge in [-0.1, -0.05) is 0 Å². The Morgan fingerprint density at radius 3 is 2.71 bits per heavy atom. The first kappa shape index (κ1) is 8.74. The monoisotopic (exact) mass is 190 g/mol. The number of furan rings is 1. The summed E-state index contributed by atoms with van der Waals surface area (Å²) in [5.74, 6) is 0.911. The van der Waals surface area contributed by atoms with Crippen LogP contribution in [0.3, 0.4) is 0 Å². The van der Waals surface area contributed by atoms with Crippen molar-refractivity contribution in [3.05, 3.63) is 30.2 Å². The summed E-state index contributed by atoms with van der Waals surface area (Å²) >= 11 is 0. The van der Waals surface area contributed by atoms with Crippen molar-refractivity contribution >= 4 is 5.78 Å². The smallest absolute Gasteiger partial charge is 0.194 e. The molecule has 0 amide bonds. The zero-order chi connectivity index (χ0) is 10.1. The fourth-order valence-corrected chi connectivity index (χ4v) is 1.21. The molecule has 0 spiro atoms. The summed E-state index contributed by atoms with van der Waals surface area (Å²) in [5.41, 5.74) is 0.736. The van der Waals surface area contributed by atoms with Crippen LogP contribution in [0.2, 0.25) is 0 Å². The molecule has 0 atom stereocenters. The molecule has 2 aromatic rings. The number of hydrogen-bond acceptors (Lipinski definition) is 3. The van der Waals surface area contributed by atoms with Gasteiger partial charge >= 0.3 is 0 Å². The van der Waals surface area contributed by atoms with E-state index < -0.39 is 0 Å². The second-order valence-electron chi connectivity index (χ2n) is 3.09. The summed E-state index contributed by atoms with van der Waals surface area (Å²) in [4.78, 5) is 11.0. The van der Waals surface area contributed by atoms with E-state index in [4.69, 9.17) is 4.42 Å². The number of nitrogens with zero attached hydrogens (tertiary/aromatic N) is 2. The van der Waals surface area contributed by atoms with Gasteiger partial charge in [0.05, 0.1) is 0 Å². The van der Waals surface area contributed by atoms with Crippen LogP contribution in [0.25, 0.3) is 11.5 Å². The molecule has 0 fully saturated rings. The Morgan fingerprint density at radius 1 is 1.43 bits per heavy atom. The van der Waals surface area contributed by atoms with Gasteiger partial charge in [0, 0.05) is 20.2 Å². The lowest BCUT2D eigenvalue weighted by Gasteiger charge is -1.89. The molecular formula is C10H10N2O2. The minimum absolute atomic E-state index is 0.0767. The van der Waals surface area contributed by atoms with Gasteiger partial charge in [-0.15, -0.1) is 0 Å². The summed E-state index contributed by atoms with van der Waals surface area (Å²) in [7, 11) is 1.83. The molecule has 72 valence electrons. The quantitative estimate of drug-likeness (QED) is 0.679. The molecule has 0 bridgehead atoms. The third kappa shape index (κ3) is 1.46. The molecule has 4 heteroatoms. The summed E-state index contributed by atoms with van der Waals surface area (Å²) in [5, 5.41) is 4.17. The standard InChI is InChI=1S/C10H10N2O2/c1-7(13)9-3-4-10(14-9)8-5-6-12(2)11-8/h3-6H,1-2H3. The Bertz CT molecular complexity index is 468. The average Bonchev–Trinajstić information content (AvgIpc) is 2.70. The lowest BCUT2D eigenvalue weighted by molar-refractivity contribution is 0.0988. The van der Waals surface area contributed by atoms with Crippen molar-refractivity contribution in [2.45, 2.75) is 6.92 Å². The minimum Gasteiger partial charge on any atom is -0.451 e. The lowest BCUT2D eigenvalue weighted by Crippen LogP contribution is -1.88. The molecule has 0 aromatic carbocycles. The molecule has 2 aromatic heterocycles. The van der Waals surface area contributed by atoms with Crippen LogP contribution in [0.5, 0.6) is 0 Å². The number of carbonyl (C=O) groups is 1. The van der Waals surface area contributed by atoms with E-state index in [1.807, 2.05) is 19.3 Å². The van der Waals surface area contributed by atoms with Gasteiger partial charge < -0.3 is 4.42 Å². The number of ketones is 1. The maximum atomic E-state index is 11.0. The maximum Gasteiger partial charge on any atom is 0.194 e. The van der Waals surface area contributed by atoms with E-state index in [9.17, 15) is 4.79 Å². The SMILES string of the molecule is CC(=O)c1ccc(-c2ccn(C)n2)o1. The topological polar surface area (TPSA) is 48.0 Å². The zero-order valence-corrected chi connectivity index (χ0v) is 8.02. The number of Topliss-reactive ketones (excluding diaryl/α,β-unsaturated/α-hetero) is 1. The largest absolute Gasteiger partial charge is 0.451 e. The molecule has 0 radical (unpaired) electrons. The van der Waals surface area contributed by atoms with Gasteiger partial charge in [-0.05, 0) is 18.2 Å². The summed E-state index contributed by atoms with van der Waals surface area (Å²) in [6, 6.07) is 5.24. The molecular weight excluding hydrogens is 180 g/mol. The van der Waals surface area contributed by atoms with E-state index in [1.165, 1.54) is 6.92 Å². The first-order valence-corrected chi connectivity index (χ1v) is 4.27. The van der Waals surface area contributed by atoms with Crippen molar-refractivity contribution in [1.29, 1.82) is 0 Å². The van der Waals surface area contributed by atoms with E-state index >= 15 is 0 Å². The molecule has 0 unspecified atom stereocenters. The fourth-order valence-electron chi connectivity index (χ4n) is 1.21. The highest BCUT2D eigenvalue weighted by molar-refractivity contribution is 5.91. The predicted molar refractivity (Wildman–Crippen MR) is 50.9 cm³/mol. The van der Waals surface area contributed by atoms with Crippen LogP contribution in [0.1, 0.15) is 17.5 Å². The minimum atomic E-state index is -0.0767. The normalized spacial score (nSPS) is 10.4. The maximum absolute atomic E-state index is 11.0. The van der Waals surface area contributed by atoms with Gasteiger partial charge in [0.1, 0.15) is 5.69 Å². The van der Waals surface area contributed by atoms with Gasteiger partial charge in [0.15, 0.2) is 17.3 Å². The number of aryl methyl sites for hydroxylation is 1. The van der Waals surface area contributed by atoms with Gasteiger partial charge in [-0.3, -0.25) is 9.48 Å². The Kier molecular flexibility index (Phi) is 1.96. The summed E-state index contributed by atoms with van der Waals surface area (Å²) < 4.78 is 7.00. The molecule has 0 N–H and O–H groups in total. The second kappa shape index (κ2) is 3.14. The number of hydrogen-bond donors (Lipinski definition) is 0. The van der Waals surface area contributed by atoms with Crippen LogP contribution < -0.4 is 0 Å². The predicted octanol–water partition coefficient (Wildman–Crippen LogP) is 1.88. The van der Waals surface area contributed by atoms with Crippen LogP contribution >= 0.6 is 0 Å². The van der Waals surface area contributed by atoms with Crippen LogP contribution in [-0.2, 0) is 7.05 Å². The van der Waals surface area contributed by atoms with Crippen LogP contribution in [0, 0.1) is 0 Å². The van der Waals surface area contributed by atoms with E-state index in [-0.39, 0.29) is 5.78 Å². The summed E-state index contributed by atoms with van der Waals surface area (Å²) in [6.07, 6.45) is 1.82. The number of carbonyl (C=O) groups excluding carboxylic acids is 1. The van der Waals surface area contributed by atoms with Crippen LogP contribution in [0.15, 0.2) is 28.8 Å². The Balaban J connectivity index is 2.38. The number of aromatic nitrogens is 2. The van der Waals surface area contributed by atoms with Gasteiger partial charge in [-0.25, -0.2) is 0 Å². The Morgan fingerprint density at radius 2 is 2.21 bits per heavy atom. The Labute approximate surface area is 81.1 Å². The highest BCUT2D eigenvalue weighted by Crippen LogP contribution is 2.19. The highest BCUT2D eigenvalue weighted by Gasteiger charge is 2.09. The highest BCUT2D eigenvalue weighted by atomic mass is 16.3. The first-order chi connectivity index (χ1) is 6.66. The molecule has 0 saturated heterocycles. The average molecular weight is 190 g/mol. The van der Waals surface area contributed by atoms with Crippen molar-refractivity contribution in [2.24, 2.45) is 7.05 Å². The van der Waals surface area contributed by atoms with Crippen molar-refractivity contribution < 1.29 is 9.21 Å². The first-order valence-electron chi connectivity index (χ1n) is 4.27. The molecule has 2 heterocycles. The van der Waals surface area contributed by atoms with Crippen LogP contribution in [-0.4, -0.2) is 15.6 Å². The zero-order valence-electron chi connectivity index (χ0n) is 8.02. The molecule has 14 heavy (non-hydrogen) atoms. The van der Waals surface area contributed by atoms with E-state index in [2.05, 4.69) is 5.10 Å². The second-order valence-corrected chi connectivity index (χ2v) is 3.09. The van der Waals surface area contributed by atoms with Gasteiger partial charge in [-0.2, -0.15) is 5.10 Å². The van der Waals surface area contributed by atoms with Crippen molar-refractivity contribution in [3.63, 3.8) is 0 Å². The molecule has 0 aliphatic heterocycles. The third-order valence-corrected chi connectivity index (χ3v) is 1.92. The van der Waals surface area contributed by atoms with Crippen molar-refractivity contribution in [1.82, 2.24) is 9.78 Å². The Hall–Kier alpha value is -1.84. The lowest BCUT2D eigenvalue weighted by atomic mass is 10.3. The van der Waals surface area contributed by atoms with Crippen molar-refractivity contribution in [2.75, 3.05) is 0 Å². The van der Waals surface area contributed by atoms with Gasteiger partial charge in [0.25, 0.3) is 0 Å². The van der Waals surface area contributed by atoms with E-state index in [0.29, 0.717) is 11.5 Å². The molecule has 4 nitrogen and oxygen atoms in total. The number of rotatable bonds is 2. The molecule has 0 aliphatic carbocycles. The summed E-state index contributed by atoms with van der Waals surface area (Å²) in [6.45, 7) is 1.47. The molecule has 0 aliphatic rings. The van der Waals surface area contributed by atoms with E-state index in [1.54, 1.807) is 16.8 Å².